The van der Waals surface area contributed by atoms with Crippen molar-refractivity contribution >= 4 is 28.3 Å². The van der Waals surface area contributed by atoms with Gasteiger partial charge in [-0.2, -0.15) is 0 Å². The van der Waals surface area contributed by atoms with E-state index in [1.54, 1.807) is 6.20 Å². The highest BCUT2D eigenvalue weighted by Crippen LogP contribution is 2.32. The van der Waals surface area contributed by atoms with Crippen molar-refractivity contribution in [3.05, 3.63) is 30.5 Å². The highest BCUT2D eigenvalue weighted by molar-refractivity contribution is 6.04. The Kier molecular flexibility index (Phi) is 3.41. The van der Waals surface area contributed by atoms with Gasteiger partial charge in [0.1, 0.15) is 0 Å². The zero-order chi connectivity index (χ0) is 13.9. The van der Waals surface area contributed by atoms with Crippen LogP contribution in [0.25, 0.3) is 10.9 Å². The lowest BCUT2D eigenvalue weighted by Crippen LogP contribution is -2.29. The van der Waals surface area contributed by atoms with Gasteiger partial charge in [0.15, 0.2) is 0 Å². The standard InChI is InChI=1S/C15H18N4O/c16-15(20)18-12-6-7-13(19-9-2-1-3-10-19)14-11(12)5-4-8-17-14/h4-8H,1-3,9-10H2,(H3,16,18,20). The molecule has 1 aromatic heterocycles. The van der Waals surface area contributed by atoms with Gasteiger partial charge >= 0.3 is 6.03 Å². The Morgan fingerprint density at radius 3 is 2.75 bits per heavy atom. The fraction of sp³-hybridized carbons (Fsp3) is 0.333. The van der Waals surface area contributed by atoms with E-state index in [0.717, 1.165) is 29.7 Å². The fourth-order valence-corrected chi connectivity index (χ4v) is 2.79. The largest absolute Gasteiger partial charge is 0.370 e. The molecule has 1 fully saturated rings. The molecule has 20 heavy (non-hydrogen) atoms. The SMILES string of the molecule is NC(=O)Nc1ccc(N2CCCCC2)c2ncccc12. The first-order chi connectivity index (χ1) is 9.75. The number of rotatable bonds is 2. The lowest BCUT2D eigenvalue weighted by Gasteiger charge is -2.29. The Bertz CT molecular complexity index is 635. The average molecular weight is 270 g/mol. The molecule has 104 valence electrons. The molecular weight excluding hydrogens is 252 g/mol. The number of hydrogen-bond donors (Lipinski definition) is 2. The van der Waals surface area contributed by atoms with Gasteiger partial charge in [-0.15, -0.1) is 0 Å². The Balaban J connectivity index is 2.08. The number of urea groups is 1. The number of carbonyl (C=O) groups is 1. The van der Waals surface area contributed by atoms with Crippen LogP contribution in [0.4, 0.5) is 16.2 Å². The van der Waals surface area contributed by atoms with Crippen LogP contribution in [0.2, 0.25) is 0 Å². The number of amides is 2. The number of benzene rings is 1. The van der Waals surface area contributed by atoms with Crippen molar-refractivity contribution in [3.8, 4) is 0 Å². The summed E-state index contributed by atoms with van der Waals surface area (Å²) in [7, 11) is 0. The van der Waals surface area contributed by atoms with Crippen molar-refractivity contribution < 1.29 is 4.79 Å². The van der Waals surface area contributed by atoms with Crippen molar-refractivity contribution in [2.45, 2.75) is 19.3 Å². The van der Waals surface area contributed by atoms with Crippen LogP contribution in [0.1, 0.15) is 19.3 Å². The molecule has 1 aliphatic heterocycles. The second-order valence-electron chi connectivity index (χ2n) is 5.07. The second kappa shape index (κ2) is 5.36. The Morgan fingerprint density at radius 2 is 2.00 bits per heavy atom. The van der Waals surface area contributed by atoms with Crippen molar-refractivity contribution in [2.75, 3.05) is 23.3 Å². The number of nitrogens with one attached hydrogen (secondary N) is 1. The van der Waals surface area contributed by atoms with E-state index in [4.69, 9.17) is 5.73 Å². The Hall–Kier alpha value is -2.30. The molecule has 0 spiro atoms. The third-order valence-electron chi connectivity index (χ3n) is 3.70. The summed E-state index contributed by atoms with van der Waals surface area (Å²) in [5.74, 6) is 0. The van der Waals surface area contributed by atoms with Crippen molar-refractivity contribution in [1.29, 1.82) is 0 Å². The molecule has 1 aliphatic rings. The van der Waals surface area contributed by atoms with Gasteiger partial charge in [-0.1, -0.05) is 0 Å². The Labute approximate surface area is 117 Å². The van der Waals surface area contributed by atoms with Gasteiger partial charge in [0, 0.05) is 24.7 Å². The highest BCUT2D eigenvalue weighted by atomic mass is 16.2. The van der Waals surface area contributed by atoms with Crippen LogP contribution < -0.4 is 16.0 Å². The molecule has 3 N–H and O–H groups in total. The van der Waals surface area contributed by atoms with Gasteiger partial charge in [0.25, 0.3) is 0 Å². The van der Waals surface area contributed by atoms with Crippen LogP contribution in [0.15, 0.2) is 30.5 Å². The zero-order valence-electron chi connectivity index (χ0n) is 11.3. The third kappa shape index (κ3) is 2.39. The Morgan fingerprint density at radius 1 is 1.20 bits per heavy atom. The predicted molar refractivity (Wildman–Crippen MR) is 81.0 cm³/mol. The summed E-state index contributed by atoms with van der Waals surface area (Å²) < 4.78 is 0. The van der Waals surface area contributed by atoms with Gasteiger partial charge in [0.05, 0.1) is 16.9 Å². The maximum absolute atomic E-state index is 11.1. The maximum Gasteiger partial charge on any atom is 0.316 e. The van der Waals surface area contributed by atoms with Gasteiger partial charge in [-0.3, -0.25) is 4.98 Å². The van der Waals surface area contributed by atoms with E-state index in [2.05, 4.69) is 15.2 Å². The molecule has 0 aliphatic carbocycles. The highest BCUT2D eigenvalue weighted by Gasteiger charge is 2.16. The van der Waals surface area contributed by atoms with E-state index in [0.29, 0.717) is 5.69 Å². The minimum absolute atomic E-state index is 0.555. The van der Waals surface area contributed by atoms with Crippen LogP contribution in [0, 0.1) is 0 Å². The summed E-state index contributed by atoms with van der Waals surface area (Å²) in [6, 6.07) is 7.20. The molecule has 1 saturated heterocycles. The molecule has 2 amide bonds. The third-order valence-corrected chi connectivity index (χ3v) is 3.70. The number of pyridine rings is 1. The van der Waals surface area contributed by atoms with E-state index in [1.165, 1.54) is 19.3 Å². The normalized spacial score (nSPS) is 15.3. The van der Waals surface area contributed by atoms with Crippen LogP contribution >= 0.6 is 0 Å². The summed E-state index contributed by atoms with van der Waals surface area (Å²) in [5, 5.41) is 3.58. The predicted octanol–water partition coefficient (Wildman–Crippen LogP) is 2.72. The molecule has 0 saturated carbocycles. The first-order valence-corrected chi connectivity index (χ1v) is 6.95. The molecule has 3 rings (SSSR count). The monoisotopic (exact) mass is 270 g/mol. The molecule has 5 nitrogen and oxygen atoms in total. The number of carbonyl (C=O) groups excluding carboxylic acids is 1. The van der Waals surface area contributed by atoms with Crippen molar-refractivity contribution in [1.82, 2.24) is 4.98 Å². The first-order valence-electron chi connectivity index (χ1n) is 6.95. The van der Waals surface area contributed by atoms with E-state index < -0.39 is 6.03 Å². The molecule has 2 aromatic rings. The number of fused-ring (bicyclic) bond motifs is 1. The molecule has 0 radical (unpaired) electrons. The van der Waals surface area contributed by atoms with Gasteiger partial charge in [0.2, 0.25) is 0 Å². The first kappa shape index (κ1) is 12.7. The smallest absolute Gasteiger partial charge is 0.316 e. The fourth-order valence-electron chi connectivity index (χ4n) is 2.79. The maximum atomic E-state index is 11.1. The molecular formula is C15H18N4O. The van der Waals surface area contributed by atoms with Gasteiger partial charge < -0.3 is 16.0 Å². The second-order valence-corrected chi connectivity index (χ2v) is 5.07. The molecule has 1 aromatic carbocycles. The number of nitrogens with zero attached hydrogens (tertiary/aromatic N) is 2. The summed E-state index contributed by atoms with van der Waals surface area (Å²) in [6.07, 6.45) is 5.51. The van der Waals surface area contributed by atoms with Gasteiger partial charge in [-0.05, 0) is 43.5 Å². The van der Waals surface area contributed by atoms with E-state index in [1.807, 2.05) is 24.3 Å². The van der Waals surface area contributed by atoms with Crippen LogP contribution in [-0.2, 0) is 0 Å². The van der Waals surface area contributed by atoms with Crippen LogP contribution in [-0.4, -0.2) is 24.1 Å². The van der Waals surface area contributed by atoms with Crippen LogP contribution in [0.5, 0.6) is 0 Å². The van der Waals surface area contributed by atoms with Crippen molar-refractivity contribution in [2.24, 2.45) is 5.73 Å². The quantitative estimate of drug-likeness (QED) is 0.881. The minimum Gasteiger partial charge on any atom is -0.370 e. The average Bonchev–Trinajstić information content (AvgIpc) is 2.48. The minimum atomic E-state index is -0.555. The van der Waals surface area contributed by atoms with E-state index in [-0.39, 0.29) is 0 Å². The number of hydrogen-bond acceptors (Lipinski definition) is 3. The number of aromatic nitrogens is 1. The molecule has 2 heterocycles. The van der Waals surface area contributed by atoms with Crippen molar-refractivity contribution in [3.63, 3.8) is 0 Å². The molecule has 0 atom stereocenters. The molecule has 0 bridgehead atoms. The number of primary amides is 1. The van der Waals surface area contributed by atoms with E-state index >= 15 is 0 Å². The van der Waals surface area contributed by atoms with E-state index in [9.17, 15) is 4.79 Å². The zero-order valence-corrected chi connectivity index (χ0v) is 11.3. The summed E-state index contributed by atoms with van der Waals surface area (Å²) >= 11 is 0. The van der Waals surface area contributed by atoms with Gasteiger partial charge in [-0.25, -0.2) is 4.79 Å². The molecule has 5 heteroatoms. The van der Waals surface area contributed by atoms with Crippen LogP contribution in [0.3, 0.4) is 0 Å². The summed E-state index contributed by atoms with van der Waals surface area (Å²) in [5.41, 5.74) is 7.98. The number of anilines is 2. The molecule has 0 unspecified atom stereocenters. The lowest BCUT2D eigenvalue weighted by atomic mass is 10.1. The summed E-state index contributed by atoms with van der Waals surface area (Å²) in [6.45, 7) is 2.13. The lowest BCUT2D eigenvalue weighted by molar-refractivity contribution is 0.259. The number of piperidine rings is 1. The number of nitrogens with two attached hydrogens (primary N) is 1. The summed E-state index contributed by atoms with van der Waals surface area (Å²) in [4.78, 5) is 17.9. The topological polar surface area (TPSA) is 71.2 Å².